The van der Waals surface area contributed by atoms with Crippen molar-refractivity contribution in [1.82, 2.24) is 10.2 Å². The van der Waals surface area contributed by atoms with E-state index in [1.807, 2.05) is 18.9 Å². The molecule has 2 heterocycles. The van der Waals surface area contributed by atoms with Crippen LogP contribution in [0, 0.1) is 0 Å². The normalized spacial score (nSPS) is 54.7. The Morgan fingerprint density at radius 3 is 2.36 bits per heavy atom. The molecule has 3 unspecified atom stereocenters. The van der Waals surface area contributed by atoms with Crippen LogP contribution >= 0.6 is 0 Å². The first-order valence-corrected chi connectivity index (χ1v) is 4.00. The van der Waals surface area contributed by atoms with Gasteiger partial charge in [0.15, 0.2) is 0 Å². The van der Waals surface area contributed by atoms with Gasteiger partial charge in [0.1, 0.15) is 5.54 Å². The van der Waals surface area contributed by atoms with E-state index in [4.69, 9.17) is 0 Å². The van der Waals surface area contributed by atoms with Crippen molar-refractivity contribution < 1.29 is 4.79 Å². The SMILES string of the molecule is CC1NC2(C)C(=O)N(C)C12C. The van der Waals surface area contributed by atoms with Crippen LogP contribution < -0.4 is 5.32 Å². The minimum atomic E-state index is -0.263. The van der Waals surface area contributed by atoms with Crippen molar-refractivity contribution in [3.8, 4) is 0 Å². The summed E-state index contributed by atoms with van der Waals surface area (Å²) in [5.74, 6) is 0.220. The summed E-state index contributed by atoms with van der Waals surface area (Å²) >= 11 is 0. The van der Waals surface area contributed by atoms with Gasteiger partial charge in [-0.25, -0.2) is 0 Å². The van der Waals surface area contributed by atoms with Gasteiger partial charge >= 0.3 is 0 Å². The fraction of sp³-hybridized carbons (Fsp3) is 0.875. The van der Waals surface area contributed by atoms with E-state index >= 15 is 0 Å². The number of amides is 1. The highest BCUT2D eigenvalue weighted by atomic mass is 16.2. The van der Waals surface area contributed by atoms with Crippen molar-refractivity contribution in [3.63, 3.8) is 0 Å². The maximum absolute atomic E-state index is 11.4. The van der Waals surface area contributed by atoms with Crippen LogP contribution in [0.1, 0.15) is 20.8 Å². The van der Waals surface area contributed by atoms with Gasteiger partial charge in [-0.1, -0.05) is 0 Å². The van der Waals surface area contributed by atoms with E-state index in [-0.39, 0.29) is 17.0 Å². The molecule has 0 aliphatic carbocycles. The Bertz CT molecular complexity index is 240. The van der Waals surface area contributed by atoms with E-state index in [0.29, 0.717) is 6.04 Å². The largest absolute Gasteiger partial charge is 0.335 e. The van der Waals surface area contributed by atoms with E-state index in [9.17, 15) is 4.79 Å². The highest BCUT2D eigenvalue weighted by Gasteiger charge is 2.74. The standard InChI is InChI=1S/C8H14N2O/c1-5-8(3)7(2,9-5)6(11)10(8)4/h5,9H,1-4H3. The van der Waals surface area contributed by atoms with Gasteiger partial charge in [0.25, 0.3) is 0 Å². The summed E-state index contributed by atoms with van der Waals surface area (Å²) in [6, 6.07) is 0.426. The van der Waals surface area contributed by atoms with E-state index in [1.54, 1.807) is 0 Å². The topological polar surface area (TPSA) is 32.3 Å². The number of rotatable bonds is 0. The van der Waals surface area contributed by atoms with Crippen molar-refractivity contribution in [3.05, 3.63) is 0 Å². The molecular formula is C8H14N2O. The molecule has 0 aromatic rings. The number of β-lactam (4-membered cyclic amide) rings is 1. The number of likely N-dealkylation sites (N-methyl/N-ethyl adjacent to an activating group) is 1. The van der Waals surface area contributed by atoms with Crippen molar-refractivity contribution in [2.24, 2.45) is 0 Å². The van der Waals surface area contributed by atoms with E-state index in [1.165, 1.54) is 0 Å². The van der Waals surface area contributed by atoms with Crippen LogP contribution in [0.4, 0.5) is 0 Å². The molecule has 62 valence electrons. The van der Waals surface area contributed by atoms with Gasteiger partial charge in [0, 0.05) is 13.1 Å². The Labute approximate surface area is 66.8 Å². The lowest BCUT2D eigenvalue weighted by atomic mass is 9.58. The fourth-order valence-electron chi connectivity index (χ4n) is 2.47. The van der Waals surface area contributed by atoms with Crippen molar-refractivity contribution in [2.45, 2.75) is 37.9 Å². The second-order valence-electron chi connectivity index (χ2n) is 4.00. The molecular weight excluding hydrogens is 140 g/mol. The van der Waals surface area contributed by atoms with Crippen LogP contribution in [-0.4, -0.2) is 35.0 Å². The Hall–Kier alpha value is -0.570. The molecule has 0 saturated carbocycles. The molecule has 0 aromatic carbocycles. The highest BCUT2D eigenvalue weighted by molar-refractivity contribution is 5.97. The van der Waals surface area contributed by atoms with Crippen molar-refractivity contribution >= 4 is 5.91 Å². The molecule has 2 aliphatic heterocycles. The summed E-state index contributed by atoms with van der Waals surface area (Å²) in [7, 11) is 1.88. The van der Waals surface area contributed by atoms with Gasteiger partial charge in [-0.05, 0) is 20.8 Å². The lowest BCUT2D eigenvalue weighted by Crippen LogP contribution is -2.97. The number of fused-ring (bicyclic) bond motifs is 1. The quantitative estimate of drug-likeness (QED) is 0.497. The first-order valence-electron chi connectivity index (χ1n) is 4.00. The smallest absolute Gasteiger partial charge is 0.245 e. The maximum atomic E-state index is 11.4. The number of piperazine rings is 1. The molecule has 2 rings (SSSR count). The summed E-state index contributed by atoms with van der Waals surface area (Å²) in [6.45, 7) is 6.23. The van der Waals surface area contributed by atoms with E-state index in [2.05, 4.69) is 19.2 Å². The number of hydrogen-bond donors (Lipinski definition) is 1. The predicted octanol–water partition coefficient (Wildman–Crippen LogP) is -0.0325. The third-order valence-electron chi connectivity index (χ3n) is 3.79. The molecule has 0 radical (unpaired) electrons. The average molecular weight is 154 g/mol. The molecule has 1 N–H and O–H groups in total. The van der Waals surface area contributed by atoms with Gasteiger partial charge in [-0.3, -0.25) is 10.1 Å². The Morgan fingerprint density at radius 1 is 1.55 bits per heavy atom. The van der Waals surface area contributed by atoms with E-state index < -0.39 is 0 Å². The molecule has 1 amide bonds. The van der Waals surface area contributed by atoms with Crippen LogP contribution in [0.25, 0.3) is 0 Å². The zero-order chi connectivity index (χ0) is 8.44. The summed E-state index contributed by atoms with van der Waals surface area (Å²) in [4.78, 5) is 13.2. The maximum Gasteiger partial charge on any atom is 0.245 e. The van der Waals surface area contributed by atoms with Crippen molar-refractivity contribution in [1.29, 1.82) is 0 Å². The lowest BCUT2D eigenvalue weighted by molar-refractivity contribution is -0.202. The molecule has 3 nitrogen and oxygen atoms in total. The molecule has 3 atom stereocenters. The molecule has 0 aromatic heterocycles. The summed E-state index contributed by atoms with van der Waals surface area (Å²) < 4.78 is 0. The van der Waals surface area contributed by atoms with Crippen LogP contribution in [0.2, 0.25) is 0 Å². The van der Waals surface area contributed by atoms with Crippen molar-refractivity contribution in [2.75, 3.05) is 7.05 Å². The number of hydrogen-bond acceptors (Lipinski definition) is 2. The fourth-order valence-corrected chi connectivity index (χ4v) is 2.47. The number of nitrogens with zero attached hydrogens (tertiary/aromatic N) is 1. The molecule has 0 bridgehead atoms. The van der Waals surface area contributed by atoms with Gasteiger partial charge < -0.3 is 4.90 Å². The van der Waals surface area contributed by atoms with Gasteiger partial charge in [0.05, 0.1) is 5.54 Å². The van der Waals surface area contributed by atoms with Crippen LogP contribution in [-0.2, 0) is 4.79 Å². The number of carbonyl (C=O) groups is 1. The number of likely N-dealkylation sites (tertiary alicyclic amines) is 1. The Kier molecular flexibility index (Phi) is 0.942. The zero-order valence-electron chi connectivity index (χ0n) is 7.43. The summed E-state index contributed by atoms with van der Waals surface area (Å²) in [5.41, 5.74) is -0.203. The zero-order valence-corrected chi connectivity index (χ0v) is 7.43. The number of carbonyl (C=O) groups excluding carboxylic acids is 1. The predicted molar refractivity (Wildman–Crippen MR) is 42.2 cm³/mol. The second-order valence-corrected chi connectivity index (χ2v) is 4.00. The van der Waals surface area contributed by atoms with Gasteiger partial charge in [-0.15, -0.1) is 0 Å². The first kappa shape index (κ1) is 7.10. The monoisotopic (exact) mass is 154 g/mol. The summed E-state index contributed by atoms with van der Waals surface area (Å²) in [5, 5.41) is 3.25. The first-order chi connectivity index (χ1) is 4.94. The Morgan fingerprint density at radius 2 is 2.09 bits per heavy atom. The third-order valence-corrected chi connectivity index (χ3v) is 3.79. The summed E-state index contributed by atoms with van der Waals surface area (Å²) in [6.07, 6.45) is 0. The second kappa shape index (κ2) is 1.46. The molecule has 11 heavy (non-hydrogen) atoms. The van der Waals surface area contributed by atoms with Crippen LogP contribution in [0.15, 0.2) is 0 Å². The van der Waals surface area contributed by atoms with Crippen LogP contribution in [0.5, 0.6) is 0 Å². The molecule has 0 spiro atoms. The minimum Gasteiger partial charge on any atom is -0.335 e. The lowest BCUT2D eigenvalue weighted by Gasteiger charge is -2.72. The molecule has 2 aliphatic rings. The third kappa shape index (κ3) is 0.415. The van der Waals surface area contributed by atoms with E-state index in [0.717, 1.165) is 0 Å². The number of nitrogens with one attached hydrogen (secondary N) is 1. The molecule has 2 fully saturated rings. The molecule has 2 saturated heterocycles. The van der Waals surface area contributed by atoms with Gasteiger partial charge in [-0.2, -0.15) is 0 Å². The van der Waals surface area contributed by atoms with Gasteiger partial charge in [0.2, 0.25) is 5.91 Å². The average Bonchev–Trinajstić information content (AvgIpc) is 2.00. The highest BCUT2D eigenvalue weighted by Crippen LogP contribution is 2.49. The minimum absolute atomic E-state index is 0.0596. The van der Waals surface area contributed by atoms with Crippen LogP contribution in [0.3, 0.4) is 0 Å². The Balaban J connectivity index is 2.35. The molecule has 3 heteroatoms.